The minimum atomic E-state index is 0.149. The normalized spacial score (nSPS) is 23.2. The summed E-state index contributed by atoms with van der Waals surface area (Å²) in [7, 11) is 0. The minimum absolute atomic E-state index is 0.149. The van der Waals surface area contributed by atoms with Gasteiger partial charge < -0.3 is 14.5 Å². The molecule has 2 aliphatic heterocycles. The van der Waals surface area contributed by atoms with E-state index in [4.69, 9.17) is 4.74 Å². The van der Waals surface area contributed by atoms with Crippen LogP contribution in [0.1, 0.15) is 6.42 Å². The van der Waals surface area contributed by atoms with Crippen LogP contribution < -0.4 is 9.80 Å². The van der Waals surface area contributed by atoms with Gasteiger partial charge in [0.1, 0.15) is 5.82 Å². The molecule has 106 valence electrons. The predicted octanol–water partition coefficient (Wildman–Crippen LogP) is 1.46. The summed E-state index contributed by atoms with van der Waals surface area (Å²) in [6.07, 6.45) is 4.19. The number of anilines is 2. The van der Waals surface area contributed by atoms with Gasteiger partial charge in [-0.25, -0.2) is 4.98 Å². The van der Waals surface area contributed by atoms with Gasteiger partial charge in [0.15, 0.2) is 0 Å². The second-order valence-corrected chi connectivity index (χ2v) is 5.18. The van der Waals surface area contributed by atoms with Crippen LogP contribution >= 0.6 is 0 Å². The fourth-order valence-electron chi connectivity index (χ4n) is 2.66. The van der Waals surface area contributed by atoms with Crippen molar-refractivity contribution in [2.24, 2.45) is 5.92 Å². The lowest BCUT2D eigenvalue weighted by molar-refractivity contribution is -0.117. The maximum atomic E-state index is 12.0. The Morgan fingerprint density at radius 2 is 2.15 bits per heavy atom. The fraction of sp³-hybridized carbons (Fsp3) is 0.467. The lowest BCUT2D eigenvalue weighted by Gasteiger charge is -2.28. The highest BCUT2D eigenvalue weighted by molar-refractivity contribution is 5.95. The molecule has 0 bridgehead atoms. The highest BCUT2D eigenvalue weighted by Crippen LogP contribution is 2.26. The Morgan fingerprint density at radius 1 is 1.35 bits per heavy atom. The Labute approximate surface area is 118 Å². The average Bonchev–Trinajstić information content (AvgIpc) is 2.89. The van der Waals surface area contributed by atoms with Crippen molar-refractivity contribution in [3.63, 3.8) is 0 Å². The third kappa shape index (κ3) is 2.54. The molecule has 0 aromatic carbocycles. The van der Waals surface area contributed by atoms with Gasteiger partial charge >= 0.3 is 0 Å². The summed E-state index contributed by atoms with van der Waals surface area (Å²) in [6, 6.07) is 3.95. The number of hydrogen-bond donors (Lipinski definition) is 0. The van der Waals surface area contributed by atoms with E-state index in [9.17, 15) is 4.79 Å². The third-order valence-corrected chi connectivity index (χ3v) is 3.87. The van der Waals surface area contributed by atoms with Crippen molar-refractivity contribution in [1.82, 2.24) is 4.98 Å². The molecular formula is C15H19N3O2. The summed E-state index contributed by atoms with van der Waals surface area (Å²) in [5.74, 6) is 1.35. The van der Waals surface area contributed by atoms with Gasteiger partial charge in [0.05, 0.1) is 25.1 Å². The molecule has 3 rings (SSSR count). The zero-order chi connectivity index (χ0) is 13.9. The van der Waals surface area contributed by atoms with Crippen molar-refractivity contribution in [2.45, 2.75) is 6.42 Å². The Bertz CT molecular complexity index is 494. The number of carbonyl (C=O) groups is 1. The van der Waals surface area contributed by atoms with Gasteiger partial charge in [-0.05, 0) is 12.1 Å². The Kier molecular flexibility index (Phi) is 3.69. The van der Waals surface area contributed by atoms with Gasteiger partial charge in [-0.1, -0.05) is 6.08 Å². The number of ether oxygens (including phenoxy) is 1. The molecule has 20 heavy (non-hydrogen) atoms. The first-order valence-electron chi connectivity index (χ1n) is 6.99. The highest BCUT2D eigenvalue weighted by atomic mass is 16.5. The van der Waals surface area contributed by atoms with Gasteiger partial charge in [0.2, 0.25) is 5.91 Å². The fourth-order valence-corrected chi connectivity index (χ4v) is 2.66. The van der Waals surface area contributed by atoms with Crippen LogP contribution in [0.25, 0.3) is 0 Å². The molecule has 0 aliphatic carbocycles. The molecule has 2 fully saturated rings. The van der Waals surface area contributed by atoms with Gasteiger partial charge in [-0.3, -0.25) is 4.79 Å². The molecule has 1 atom stereocenters. The molecule has 0 spiro atoms. The smallest absolute Gasteiger partial charge is 0.227 e. The van der Waals surface area contributed by atoms with Crippen LogP contribution in [0, 0.1) is 5.92 Å². The van der Waals surface area contributed by atoms with Crippen molar-refractivity contribution in [2.75, 3.05) is 42.6 Å². The number of amides is 1. The monoisotopic (exact) mass is 273 g/mol. The topological polar surface area (TPSA) is 45.7 Å². The van der Waals surface area contributed by atoms with E-state index in [-0.39, 0.29) is 11.8 Å². The van der Waals surface area contributed by atoms with Gasteiger partial charge in [-0.15, -0.1) is 6.58 Å². The summed E-state index contributed by atoms with van der Waals surface area (Å²) in [6.45, 7) is 7.70. The molecule has 1 amide bonds. The summed E-state index contributed by atoms with van der Waals surface area (Å²) < 4.78 is 5.33. The van der Waals surface area contributed by atoms with Crippen molar-refractivity contribution in [3.8, 4) is 0 Å². The van der Waals surface area contributed by atoms with Crippen molar-refractivity contribution in [3.05, 3.63) is 31.0 Å². The van der Waals surface area contributed by atoms with E-state index in [1.807, 2.05) is 18.2 Å². The highest BCUT2D eigenvalue weighted by Gasteiger charge is 2.28. The van der Waals surface area contributed by atoms with E-state index < -0.39 is 0 Å². The van der Waals surface area contributed by atoms with Gasteiger partial charge in [0, 0.05) is 32.0 Å². The molecule has 5 nitrogen and oxygen atoms in total. The number of rotatable bonds is 3. The number of morpholine rings is 1. The van der Waals surface area contributed by atoms with Gasteiger partial charge in [0.25, 0.3) is 0 Å². The second kappa shape index (κ2) is 5.63. The largest absolute Gasteiger partial charge is 0.378 e. The van der Waals surface area contributed by atoms with Crippen LogP contribution in [0.5, 0.6) is 0 Å². The number of pyridine rings is 1. The molecule has 0 radical (unpaired) electrons. The molecule has 2 saturated heterocycles. The first-order valence-corrected chi connectivity index (χ1v) is 6.99. The summed E-state index contributed by atoms with van der Waals surface area (Å²) in [5, 5.41) is 0. The third-order valence-electron chi connectivity index (χ3n) is 3.87. The van der Waals surface area contributed by atoms with Crippen LogP contribution in [0.15, 0.2) is 31.0 Å². The number of carbonyl (C=O) groups excluding carboxylic acids is 1. The van der Waals surface area contributed by atoms with Crippen LogP contribution in [-0.2, 0) is 9.53 Å². The van der Waals surface area contributed by atoms with Crippen molar-refractivity contribution in [1.29, 1.82) is 0 Å². The summed E-state index contributed by atoms with van der Waals surface area (Å²) in [4.78, 5) is 20.4. The molecule has 2 aliphatic rings. The SMILES string of the molecule is C=CC1CC(=O)N(c2ccc(N3CCOCC3)nc2)C1. The van der Waals surface area contributed by atoms with E-state index in [1.165, 1.54) is 0 Å². The van der Waals surface area contributed by atoms with E-state index in [1.54, 1.807) is 11.1 Å². The predicted molar refractivity (Wildman–Crippen MR) is 77.9 cm³/mol. The number of nitrogens with zero attached hydrogens (tertiary/aromatic N) is 3. The lowest BCUT2D eigenvalue weighted by atomic mass is 10.1. The van der Waals surface area contributed by atoms with Crippen LogP contribution in [-0.4, -0.2) is 43.7 Å². The number of aromatic nitrogens is 1. The van der Waals surface area contributed by atoms with E-state index in [2.05, 4.69) is 16.5 Å². The maximum absolute atomic E-state index is 12.0. The number of hydrogen-bond acceptors (Lipinski definition) is 4. The van der Waals surface area contributed by atoms with Crippen LogP contribution in [0.2, 0.25) is 0 Å². The molecule has 3 heterocycles. The molecule has 1 aromatic heterocycles. The first-order chi connectivity index (χ1) is 9.78. The summed E-state index contributed by atoms with van der Waals surface area (Å²) in [5.41, 5.74) is 0.872. The van der Waals surface area contributed by atoms with E-state index in [0.29, 0.717) is 13.0 Å². The zero-order valence-corrected chi connectivity index (χ0v) is 11.5. The van der Waals surface area contributed by atoms with Crippen LogP contribution in [0.3, 0.4) is 0 Å². The second-order valence-electron chi connectivity index (χ2n) is 5.18. The average molecular weight is 273 g/mol. The lowest BCUT2D eigenvalue weighted by Crippen LogP contribution is -2.36. The minimum Gasteiger partial charge on any atom is -0.378 e. The summed E-state index contributed by atoms with van der Waals surface area (Å²) >= 11 is 0. The Morgan fingerprint density at radius 3 is 2.75 bits per heavy atom. The molecule has 0 N–H and O–H groups in total. The van der Waals surface area contributed by atoms with E-state index in [0.717, 1.165) is 37.8 Å². The quantitative estimate of drug-likeness (QED) is 0.782. The standard InChI is InChI=1S/C15H19N3O2/c1-2-12-9-15(19)18(11-12)13-3-4-14(16-10-13)17-5-7-20-8-6-17/h2-4,10,12H,1,5-9,11H2. The van der Waals surface area contributed by atoms with Gasteiger partial charge in [-0.2, -0.15) is 0 Å². The van der Waals surface area contributed by atoms with Crippen molar-refractivity contribution < 1.29 is 9.53 Å². The molecule has 5 heteroatoms. The van der Waals surface area contributed by atoms with Crippen LogP contribution in [0.4, 0.5) is 11.5 Å². The molecule has 1 unspecified atom stereocenters. The van der Waals surface area contributed by atoms with Crippen molar-refractivity contribution >= 4 is 17.4 Å². The molecule has 1 aromatic rings. The first kappa shape index (κ1) is 13.1. The van der Waals surface area contributed by atoms with E-state index >= 15 is 0 Å². The Balaban J connectivity index is 1.72. The molecule has 0 saturated carbocycles. The zero-order valence-electron chi connectivity index (χ0n) is 11.5. The molecular weight excluding hydrogens is 254 g/mol. The Hall–Kier alpha value is -1.88. The maximum Gasteiger partial charge on any atom is 0.227 e.